The molecule has 45 heavy (non-hydrogen) atoms. The highest BCUT2D eigenvalue weighted by molar-refractivity contribution is 6.01. The third kappa shape index (κ3) is 8.22. The van der Waals surface area contributed by atoms with Crippen LogP contribution in [-0.4, -0.2) is 80.7 Å². The first-order valence-corrected chi connectivity index (χ1v) is 14.9. The Morgan fingerprint density at radius 3 is 2.44 bits per heavy atom. The number of methoxy groups -OCH3 is 2. The molecule has 0 aliphatic carbocycles. The van der Waals surface area contributed by atoms with Crippen LogP contribution in [0.4, 0.5) is 24.1 Å². The van der Waals surface area contributed by atoms with E-state index in [2.05, 4.69) is 26.9 Å². The van der Waals surface area contributed by atoms with E-state index in [9.17, 15) is 28.0 Å². The van der Waals surface area contributed by atoms with Gasteiger partial charge in [-0.1, -0.05) is 25.1 Å². The second kappa shape index (κ2) is 15.6. The fraction of sp³-hybridized carbons (Fsp3) is 0.438. The second-order valence-corrected chi connectivity index (χ2v) is 10.9. The van der Waals surface area contributed by atoms with Gasteiger partial charge in [-0.2, -0.15) is 0 Å². The van der Waals surface area contributed by atoms with Crippen LogP contribution in [0.15, 0.2) is 53.7 Å². The number of rotatable bonds is 11. The molecule has 13 heteroatoms. The van der Waals surface area contributed by atoms with Gasteiger partial charge in [0.15, 0.2) is 11.6 Å². The normalized spacial score (nSPS) is 17.6. The monoisotopic (exact) mass is 627 g/mol. The average Bonchev–Trinajstić information content (AvgIpc) is 3.04. The van der Waals surface area contributed by atoms with Crippen molar-refractivity contribution in [2.24, 2.45) is 0 Å². The summed E-state index contributed by atoms with van der Waals surface area (Å²) in [5.41, 5.74) is 1.92. The standard InChI is InChI=1S/C32H39F2N5O6/c1-4-27(40)36-23-8-5-7-21(17-23)20-11-15-38(16-12-20)14-6-13-35-31(42)39-29(22-9-10-24(33)25(34)18-22)28(30(41)45-3)26(19-44-2)37-32(39)43/h5,7-10,17-18,20,29H,4,6,11-16,19H2,1-3H3,(H,35,42)(H,36,40)(H,37,43). The highest BCUT2D eigenvalue weighted by atomic mass is 19.2. The van der Waals surface area contributed by atoms with Gasteiger partial charge in [0.1, 0.15) is 6.04 Å². The molecule has 11 nitrogen and oxygen atoms in total. The molecule has 0 bridgehead atoms. The smallest absolute Gasteiger partial charge is 0.338 e. The number of piperidine rings is 1. The summed E-state index contributed by atoms with van der Waals surface area (Å²) in [6.45, 7) is 4.30. The summed E-state index contributed by atoms with van der Waals surface area (Å²) < 4.78 is 38.1. The first-order chi connectivity index (χ1) is 21.7. The highest BCUT2D eigenvalue weighted by Crippen LogP contribution is 2.35. The lowest BCUT2D eigenvalue weighted by Gasteiger charge is -2.36. The van der Waals surface area contributed by atoms with Crippen molar-refractivity contribution < 1.29 is 37.4 Å². The number of amides is 5. The number of ether oxygens (including phenoxy) is 2. The van der Waals surface area contributed by atoms with Crippen LogP contribution in [0.5, 0.6) is 0 Å². The Labute approximate surface area is 260 Å². The lowest BCUT2D eigenvalue weighted by Crippen LogP contribution is -2.55. The number of carbonyl (C=O) groups is 4. The van der Waals surface area contributed by atoms with Crippen LogP contribution in [0.25, 0.3) is 0 Å². The maximum atomic E-state index is 14.3. The van der Waals surface area contributed by atoms with E-state index in [0.717, 1.165) is 55.8 Å². The van der Waals surface area contributed by atoms with Crippen LogP contribution in [0, 0.1) is 11.6 Å². The van der Waals surface area contributed by atoms with Crippen LogP contribution in [0.2, 0.25) is 0 Å². The molecule has 2 aromatic rings. The van der Waals surface area contributed by atoms with Gasteiger partial charge >= 0.3 is 18.0 Å². The zero-order valence-electron chi connectivity index (χ0n) is 25.7. The van der Waals surface area contributed by atoms with Crippen LogP contribution in [0.3, 0.4) is 0 Å². The molecule has 2 aromatic carbocycles. The summed E-state index contributed by atoms with van der Waals surface area (Å²) in [5, 5.41) is 8.13. The summed E-state index contributed by atoms with van der Waals surface area (Å²) >= 11 is 0. The minimum absolute atomic E-state index is 0.00838. The van der Waals surface area contributed by atoms with Gasteiger partial charge < -0.3 is 30.3 Å². The third-order valence-electron chi connectivity index (χ3n) is 7.98. The van der Waals surface area contributed by atoms with Gasteiger partial charge in [-0.25, -0.2) is 28.1 Å². The van der Waals surface area contributed by atoms with Gasteiger partial charge in [0, 0.05) is 25.8 Å². The van der Waals surface area contributed by atoms with Crippen molar-refractivity contribution in [2.75, 3.05) is 52.3 Å². The molecule has 1 saturated heterocycles. The van der Waals surface area contributed by atoms with Crippen molar-refractivity contribution in [3.63, 3.8) is 0 Å². The number of urea groups is 2. The van der Waals surface area contributed by atoms with Gasteiger partial charge in [0.2, 0.25) is 5.91 Å². The lowest BCUT2D eigenvalue weighted by atomic mass is 9.89. The molecule has 1 atom stereocenters. The van der Waals surface area contributed by atoms with Gasteiger partial charge in [0.25, 0.3) is 0 Å². The highest BCUT2D eigenvalue weighted by Gasteiger charge is 2.43. The summed E-state index contributed by atoms with van der Waals surface area (Å²) in [5.74, 6) is -2.82. The van der Waals surface area contributed by atoms with Crippen LogP contribution >= 0.6 is 0 Å². The number of halogens is 2. The maximum absolute atomic E-state index is 14.3. The minimum Gasteiger partial charge on any atom is -0.466 e. The second-order valence-electron chi connectivity index (χ2n) is 10.9. The predicted octanol–water partition coefficient (Wildman–Crippen LogP) is 4.43. The number of likely N-dealkylation sites (tertiary alicyclic amines) is 1. The number of imide groups is 1. The quantitative estimate of drug-likeness (QED) is 0.248. The Balaban J connectivity index is 1.37. The molecule has 0 aromatic heterocycles. The first kappa shape index (κ1) is 33.5. The Hall–Kier alpha value is -4.36. The minimum atomic E-state index is -1.39. The van der Waals surface area contributed by atoms with E-state index < -0.39 is 35.7 Å². The van der Waals surface area contributed by atoms with E-state index in [1.165, 1.54) is 18.7 Å². The molecule has 3 N–H and O–H groups in total. The topological polar surface area (TPSA) is 129 Å². The fourth-order valence-corrected chi connectivity index (χ4v) is 5.67. The molecule has 0 saturated carbocycles. The summed E-state index contributed by atoms with van der Waals surface area (Å²) in [4.78, 5) is 54.2. The number of nitrogens with one attached hydrogen (secondary N) is 3. The van der Waals surface area contributed by atoms with Gasteiger partial charge in [-0.3, -0.25) is 4.79 Å². The Morgan fingerprint density at radius 2 is 1.78 bits per heavy atom. The number of esters is 1. The lowest BCUT2D eigenvalue weighted by molar-refractivity contribution is -0.137. The molecular formula is C32H39F2N5O6. The number of nitrogens with zero attached hydrogens (tertiary/aromatic N) is 2. The number of carbonyl (C=O) groups excluding carboxylic acids is 4. The van der Waals surface area contributed by atoms with Gasteiger partial charge in [0.05, 0.1) is 25.0 Å². The van der Waals surface area contributed by atoms with Crippen LogP contribution < -0.4 is 16.0 Å². The van der Waals surface area contributed by atoms with Crippen LogP contribution in [-0.2, 0) is 19.1 Å². The molecule has 4 rings (SSSR count). The molecule has 1 unspecified atom stereocenters. The molecule has 242 valence electrons. The van der Waals surface area contributed by atoms with E-state index in [-0.39, 0.29) is 35.9 Å². The van der Waals surface area contributed by atoms with Crippen molar-refractivity contribution in [3.05, 3.63) is 76.5 Å². The molecule has 1 fully saturated rings. The van der Waals surface area contributed by atoms with E-state index in [1.807, 2.05) is 25.1 Å². The summed E-state index contributed by atoms with van der Waals surface area (Å²) in [7, 11) is 2.49. The SMILES string of the molecule is CCC(=O)Nc1cccc(C2CCN(CCCNC(=O)N3C(=O)NC(COC)=C(C(=O)OC)C3c3ccc(F)c(F)c3)CC2)c1. The summed E-state index contributed by atoms with van der Waals surface area (Å²) in [6, 6.07) is 7.81. The van der Waals surface area contributed by atoms with Crippen molar-refractivity contribution in [1.82, 2.24) is 20.4 Å². The van der Waals surface area contributed by atoms with E-state index in [0.29, 0.717) is 25.3 Å². The summed E-state index contributed by atoms with van der Waals surface area (Å²) in [6.07, 6.45) is 2.92. The van der Waals surface area contributed by atoms with Crippen molar-refractivity contribution in [2.45, 2.75) is 44.6 Å². The number of anilines is 1. The largest absolute Gasteiger partial charge is 0.466 e. The van der Waals surface area contributed by atoms with Crippen molar-refractivity contribution in [3.8, 4) is 0 Å². The molecular weight excluding hydrogens is 588 g/mol. The van der Waals surface area contributed by atoms with Gasteiger partial charge in [-0.15, -0.1) is 0 Å². The van der Waals surface area contributed by atoms with Crippen molar-refractivity contribution >= 4 is 29.6 Å². The Morgan fingerprint density at radius 1 is 1.02 bits per heavy atom. The Kier molecular flexibility index (Phi) is 11.6. The molecule has 2 aliphatic rings. The fourth-order valence-electron chi connectivity index (χ4n) is 5.67. The third-order valence-corrected chi connectivity index (χ3v) is 7.98. The van der Waals surface area contributed by atoms with E-state index in [4.69, 9.17) is 9.47 Å². The van der Waals surface area contributed by atoms with E-state index >= 15 is 0 Å². The number of benzene rings is 2. The molecule has 2 aliphatic heterocycles. The molecule has 0 radical (unpaired) electrons. The molecule has 0 spiro atoms. The first-order valence-electron chi connectivity index (χ1n) is 14.9. The Bertz CT molecular complexity index is 1440. The van der Waals surface area contributed by atoms with Crippen molar-refractivity contribution in [1.29, 1.82) is 0 Å². The zero-order chi connectivity index (χ0) is 32.5. The van der Waals surface area contributed by atoms with Gasteiger partial charge in [-0.05, 0) is 80.2 Å². The predicted molar refractivity (Wildman–Crippen MR) is 162 cm³/mol. The average molecular weight is 628 g/mol. The van der Waals surface area contributed by atoms with E-state index in [1.54, 1.807) is 0 Å². The zero-order valence-corrected chi connectivity index (χ0v) is 25.7. The van der Waals surface area contributed by atoms with Crippen LogP contribution in [0.1, 0.15) is 55.7 Å². The number of hydrogen-bond acceptors (Lipinski definition) is 7. The molecule has 5 amide bonds. The molecule has 2 heterocycles. The number of hydrogen-bond donors (Lipinski definition) is 3. The maximum Gasteiger partial charge on any atom is 0.338 e.